The average molecular weight is 319 g/mol. The summed E-state index contributed by atoms with van der Waals surface area (Å²) in [6.45, 7) is 3.19. The molecule has 1 atom stereocenters. The Bertz CT molecular complexity index is 589. The summed E-state index contributed by atoms with van der Waals surface area (Å²) in [5.41, 5.74) is 5.25. The predicted octanol–water partition coefficient (Wildman–Crippen LogP) is 2.95. The fraction of sp³-hybridized carbons (Fsp3) is 0.500. The molecule has 2 N–H and O–H groups in total. The van der Waals surface area contributed by atoms with Gasteiger partial charge in [0, 0.05) is 12.3 Å². The Morgan fingerprint density at radius 2 is 2.23 bits per heavy atom. The molecule has 1 heterocycles. The van der Waals surface area contributed by atoms with Crippen molar-refractivity contribution in [1.29, 1.82) is 0 Å². The monoisotopic (exact) mass is 319 g/mol. The van der Waals surface area contributed by atoms with Gasteiger partial charge in [-0.3, -0.25) is 5.43 Å². The second-order valence-corrected chi connectivity index (χ2v) is 6.27. The molecule has 0 spiro atoms. The van der Waals surface area contributed by atoms with E-state index < -0.39 is 0 Å². The Kier molecular flexibility index (Phi) is 4.77. The van der Waals surface area contributed by atoms with E-state index in [0.717, 1.165) is 35.8 Å². The number of hydrazone groups is 1. The lowest BCUT2D eigenvalue weighted by Crippen LogP contribution is -2.32. The maximum atomic E-state index is 5.36. The highest BCUT2D eigenvalue weighted by Crippen LogP contribution is 2.32. The number of nitrogens with one attached hydrogen (secondary N) is 2. The Labute approximate surface area is 136 Å². The van der Waals surface area contributed by atoms with Gasteiger partial charge >= 0.3 is 0 Å². The van der Waals surface area contributed by atoms with Gasteiger partial charge in [-0.05, 0) is 61.5 Å². The summed E-state index contributed by atoms with van der Waals surface area (Å²) in [7, 11) is 0. The third-order valence-corrected chi connectivity index (χ3v) is 4.19. The van der Waals surface area contributed by atoms with E-state index in [2.05, 4.69) is 22.8 Å². The van der Waals surface area contributed by atoms with E-state index in [4.69, 9.17) is 21.7 Å². The number of rotatable bonds is 3. The molecular formula is C16H21N3O2S. The highest BCUT2D eigenvalue weighted by atomic mass is 32.1. The van der Waals surface area contributed by atoms with E-state index in [1.54, 1.807) is 0 Å². The van der Waals surface area contributed by atoms with Gasteiger partial charge in [0.15, 0.2) is 16.6 Å². The van der Waals surface area contributed by atoms with Gasteiger partial charge in [0.1, 0.15) is 0 Å². The molecule has 3 rings (SSSR count). The normalized spacial score (nSPS) is 21.7. The summed E-state index contributed by atoms with van der Waals surface area (Å²) >= 11 is 5.27. The number of hydrogen-bond donors (Lipinski definition) is 2. The van der Waals surface area contributed by atoms with Crippen LogP contribution in [0.2, 0.25) is 0 Å². The number of ether oxygens (including phenoxy) is 2. The molecule has 0 saturated heterocycles. The molecule has 0 radical (unpaired) electrons. The maximum absolute atomic E-state index is 5.36. The molecule has 1 aliphatic heterocycles. The fourth-order valence-corrected chi connectivity index (χ4v) is 2.88. The van der Waals surface area contributed by atoms with E-state index in [9.17, 15) is 0 Å². The molecule has 1 aliphatic carbocycles. The van der Waals surface area contributed by atoms with Gasteiger partial charge < -0.3 is 14.8 Å². The quantitative estimate of drug-likeness (QED) is 0.663. The molecular weight excluding hydrogens is 298 g/mol. The minimum Gasteiger partial charge on any atom is -0.454 e. The SMILES string of the molecule is C[C@@H]1CCC/C(=N\NC(=S)NCc2ccc3c(c2)OCO3)C1. The fourth-order valence-electron chi connectivity index (χ4n) is 2.77. The summed E-state index contributed by atoms with van der Waals surface area (Å²) in [5.74, 6) is 2.31. The lowest BCUT2D eigenvalue weighted by Gasteiger charge is -2.19. The molecule has 0 amide bonds. The van der Waals surface area contributed by atoms with Crippen LogP contribution in [0.25, 0.3) is 0 Å². The van der Waals surface area contributed by atoms with Crippen LogP contribution in [0.15, 0.2) is 23.3 Å². The second-order valence-electron chi connectivity index (χ2n) is 5.86. The van der Waals surface area contributed by atoms with Crippen LogP contribution in [0.1, 0.15) is 38.2 Å². The van der Waals surface area contributed by atoms with Crippen molar-refractivity contribution in [1.82, 2.24) is 10.7 Å². The minimum atomic E-state index is 0.294. The van der Waals surface area contributed by atoms with Crippen LogP contribution in [0.3, 0.4) is 0 Å². The zero-order valence-corrected chi connectivity index (χ0v) is 13.5. The van der Waals surface area contributed by atoms with Crippen molar-refractivity contribution < 1.29 is 9.47 Å². The molecule has 2 aliphatic rings. The molecule has 1 fully saturated rings. The highest BCUT2D eigenvalue weighted by Gasteiger charge is 2.14. The van der Waals surface area contributed by atoms with Crippen molar-refractivity contribution in [2.24, 2.45) is 11.0 Å². The number of nitrogens with zero attached hydrogens (tertiary/aromatic N) is 1. The van der Waals surface area contributed by atoms with Crippen molar-refractivity contribution in [3.8, 4) is 11.5 Å². The van der Waals surface area contributed by atoms with Crippen molar-refractivity contribution in [3.05, 3.63) is 23.8 Å². The predicted molar refractivity (Wildman–Crippen MR) is 90.2 cm³/mol. The van der Waals surface area contributed by atoms with E-state index in [1.807, 2.05) is 18.2 Å². The first-order valence-electron chi connectivity index (χ1n) is 7.68. The molecule has 0 bridgehead atoms. The Morgan fingerprint density at radius 3 is 3.09 bits per heavy atom. The second kappa shape index (κ2) is 6.96. The smallest absolute Gasteiger partial charge is 0.231 e. The number of thiocarbonyl (C=S) groups is 1. The van der Waals surface area contributed by atoms with Crippen molar-refractivity contribution in [2.45, 2.75) is 39.2 Å². The first-order chi connectivity index (χ1) is 10.7. The molecule has 0 aromatic heterocycles. The summed E-state index contributed by atoms with van der Waals surface area (Å²) in [6, 6.07) is 5.88. The Morgan fingerprint density at radius 1 is 1.36 bits per heavy atom. The lowest BCUT2D eigenvalue weighted by atomic mass is 9.89. The van der Waals surface area contributed by atoms with Crippen molar-refractivity contribution in [3.63, 3.8) is 0 Å². The van der Waals surface area contributed by atoms with Gasteiger partial charge in [-0.2, -0.15) is 5.10 Å². The summed E-state index contributed by atoms with van der Waals surface area (Å²) < 4.78 is 10.7. The molecule has 5 nitrogen and oxygen atoms in total. The zero-order valence-electron chi connectivity index (χ0n) is 12.7. The van der Waals surface area contributed by atoms with Gasteiger partial charge in [-0.1, -0.05) is 13.0 Å². The van der Waals surface area contributed by atoms with E-state index >= 15 is 0 Å². The van der Waals surface area contributed by atoms with Crippen LogP contribution in [-0.2, 0) is 6.54 Å². The number of benzene rings is 1. The van der Waals surface area contributed by atoms with E-state index in [1.165, 1.54) is 18.6 Å². The topological polar surface area (TPSA) is 54.9 Å². The third kappa shape index (κ3) is 3.88. The van der Waals surface area contributed by atoms with Gasteiger partial charge in [-0.25, -0.2) is 0 Å². The van der Waals surface area contributed by atoms with Crippen LogP contribution in [0, 0.1) is 5.92 Å². The summed E-state index contributed by atoms with van der Waals surface area (Å²) in [4.78, 5) is 0. The standard InChI is InChI=1S/C16H21N3O2S/c1-11-3-2-4-13(7-11)18-19-16(22)17-9-12-5-6-14-15(8-12)21-10-20-14/h5-6,8,11H,2-4,7,9-10H2,1H3,(H2,17,19,22)/b18-13+/t11-/m1/s1. The maximum Gasteiger partial charge on any atom is 0.231 e. The third-order valence-electron chi connectivity index (χ3n) is 3.95. The van der Waals surface area contributed by atoms with E-state index in [-0.39, 0.29) is 0 Å². The number of fused-ring (bicyclic) bond motifs is 1. The molecule has 0 unspecified atom stereocenters. The van der Waals surface area contributed by atoms with Crippen LogP contribution in [-0.4, -0.2) is 17.6 Å². The lowest BCUT2D eigenvalue weighted by molar-refractivity contribution is 0.174. The van der Waals surface area contributed by atoms with Gasteiger partial charge in [-0.15, -0.1) is 0 Å². The molecule has 6 heteroatoms. The molecule has 1 aromatic rings. The number of hydrogen-bond acceptors (Lipinski definition) is 4. The first-order valence-corrected chi connectivity index (χ1v) is 8.09. The zero-order chi connectivity index (χ0) is 15.4. The largest absolute Gasteiger partial charge is 0.454 e. The van der Waals surface area contributed by atoms with Crippen LogP contribution in [0.4, 0.5) is 0 Å². The van der Waals surface area contributed by atoms with E-state index in [0.29, 0.717) is 18.5 Å². The van der Waals surface area contributed by atoms with Crippen LogP contribution >= 0.6 is 12.2 Å². The van der Waals surface area contributed by atoms with Gasteiger partial charge in [0.25, 0.3) is 0 Å². The average Bonchev–Trinajstić information content (AvgIpc) is 2.98. The molecule has 118 valence electrons. The highest BCUT2D eigenvalue weighted by molar-refractivity contribution is 7.80. The molecule has 1 aromatic carbocycles. The summed E-state index contributed by atoms with van der Waals surface area (Å²) in [6.07, 6.45) is 4.66. The van der Waals surface area contributed by atoms with Crippen molar-refractivity contribution >= 4 is 23.0 Å². The van der Waals surface area contributed by atoms with Gasteiger partial charge in [0.05, 0.1) is 0 Å². The molecule has 1 saturated carbocycles. The van der Waals surface area contributed by atoms with Crippen LogP contribution < -0.4 is 20.2 Å². The minimum absolute atomic E-state index is 0.294. The van der Waals surface area contributed by atoms with Crippen molar-refractivity contribution in [2.75, 3.05) is 6.79 Å². The first kappa shape index (κ1) is 15.1. The Balaban J connectivity index is 1.47. The Hall–Kier alpha value is -1.82. The summed E-state index contributed by atoms with van der Waals surface area (Å²) in [5, 5.41) is 8.12. The molecule has 22 heavy (non-hydrogen) atoms. The van der Waals surface area contributed by atoms with Gasteiger partial charge in [0.2, 0.25) is 6.79 Å². The van der Waals surface area contributed by atoms with Crippen LogP contribution in [0.5, 0.6) is 11.5 Å².